The first-order valence-corrected chi connectivity index (χ1v) is 4.39. The molecule has 90 valence electrons. The second-order valence-electron chi connectivity index (χ2n) is 2.51. The van der Waals surface area contributed by atoms with Crippen molar-refractivity contribution in [2.75, 3.05) is 6.61 Å². The van der Waals surface area contributed by atoms with Crippen LogP contribution in [-0.2, 0) is 4.79 Å². The molecule has 7 heteroatoms. The summed E-state index contributed by atoms with van der Waals surface area (Å²) < 4.78 is 0. The molecular formula is C8H15ClO6. The fraction of sp³-hybridized carbons (Fsp3) is 0.625. The van der Waals surface area contributed by atoms with Crippen LogP contribution in [-0.4, -0.2) is 62.8 Å². The number of aliphatic hydroxyl groups excluding tert-OH is 5. The Hall–Kier alpha value is -0.500. The third-order valence-electron chi connectivity index (χ3n) is 1.42. The molecule has 0 heterocycles. The van der Waals surface area contributed by atoms with Gasteiger partial charge in [0.2, 0.25) is 0 Å². The van der Waals surface area contributed by atoms with E-state index in [4.69, 9.17) is 37.1 Å². The van der Waals surface area contributed by atoms with Gasteiger partial charge in [-0.15, -0.1) is 0 Å². The quantitative estimate of drug-likeness (QED) is 0.356. The molecule has 0 rings (SSSR count). The molecule has 0 amide bonds. The first kappa shape index (κ1) is 16.9. The van der Waals surface area contributed by atoms with Gasteiger partial charge in [-0.25, -0.2) is 0 Å². The fourth-order valence-electron chi connectivity index (χ4n) is 0.618. The van der Waals surface area contributed by atoms with Gasteiger partial charge in [-0.05, 0) is 5.54 Å². The van der Waals surface area contributed by atoms with Gasteiger partial charge in [-0.2, -0.15) is 0 Å². The van der Waals surface area contributed by atoms with E-state index < -0.39 is 31.0 Å². The normalized spacial score (nSPS) is 17.7. The molecule has 0 fully saturated rings. The lowest BCUT2D eigenvalue weighted by atomic mass is 10.0. The second-order valence-corrected chi connectivity index (χ2v) is 2.82. The molecule has 4 unspecified atom stereocenters. The van der Waals surface area contributed by atoms with E-state index in [0.717, 1.165) is 0 Å². The van der Waals surface area contributed by atoms with Gasteiger partial charge < -0.3 is 30.3 Å². The van der Waals surface area contributed by atoms with E-state index in [9.17, 15) is 4.79 Å². The first-order chi connectivity index (χ1) is 6.95. The minimum atomic E-state index is -1.79. The number of rotatable bonds is 5. The van der Waals surface area contributed by atoms with Gasteiger partial charge in [-0.1, -0.05) is 18.2 Å². The van der Waals surface area contributed by atoms with E-state index in [1.165, 1.54) is 5.54 Å². The van der Waals surface area contributed by atoms with Gasteiger partial charge in [0.15, 0.2) is 6.29 Å². The van der Waals surface area contributed by atoms with Crippen molar-refractivity contribution in [1.29, 1.82) is 0 Å². The van der Waals surface area contributed by atoms with Crippen molar-refractivity contribution in [1.82, 2.24) is 0 Å². The lowest BCUT2D eigenvalue weighted by molar-refractivity contribution is -0.136. The van der Waals surface area contributed by atoms with Crippen molar-refractivity contribution >= 4 is 17.9 Å². The molecule has 15 heavy (non-hydrogen) atoms. The van der Waals surface area contributed by atoms with Crippen LogP contribution in [0.25, 0.3) is 0 Å². The summed E-state index contributed by atoms with van der Waals surface area (Å²) in [4.78, 5) is 9.90. The van der Waals surface area contributed by atoms with Gasteiger partial charge in [0.25, 0.3) is 0 Å². The predicted molar refractivity (Wildman–Crippen MR) is 53.2 cm³/mol. The minimum Gasteiger partial charge on any atom is -0.394 e. The third kappa shape index (κ3) is 7.43. The first-order valence-electron chi connectivity index (χ1n) is 3.95. The highest BCUT2D eigenvalue weighted by molar-refractivity contribution is 6.25. The molecule has 0 aliphatic rings. The van der Waals surface area contributed by atoms with E-state index in [1.54, 1.807) is 0 Å². The zero-order chi connectivity index (χ0) is 12.4. The maximum Gasteiger partial charge on any atom is 0.151 e. The zero-order valence-corrected chi connectivity index (χ0v) is 8.66. The maximum absolute atomic E-state index is 9.90. The zero-order valence-electron chi connectivity index (χ0n) is 7.90. The molecule has 0 radical (unpaired) electrons. The topological polar surface area (TPSA) is 118 Å². The van der Waals surface area contributed by atoms with Crippen LogP contribution in [0, 0.1) is 0 Å². The predicted octanol–water partition coefficient (Wildman–Crippen LogP) is -2.01. The SMILES string of the molecule is C=CCl.O=CC(O)C(O)C(O)C(O)CO. The third-order valence-corrected chi connectivity index (χ3v) is 1.42. The van der Waals surface area contributed by atoms with Crippen LogP contribution in [0.3, 0.4) is 0 Å². The van der Waals surface area contributed by atoms with Crippen molar-refractivity contribution in [2.24, 2.45) is 0 Å². The lowest BCUT2D eigenvalue weighted by Crippen LogP contribution is -2.46. The molecule has 0 aliphatic heterocycles. The van der Waals surface area contributed by atoms with Crippen LogP contribution in [0.2, 0.25) is 0 Å². The van der Waals surface area contributed by atoms with Gasteiger partial charge >= 0.3 is 0 Å². The highest BCUT2D eigenvalue weighted by Crippen LogP contribution is 2.02. The van der Waals surface area contributed by atoms with Crippen molar-refractivity contribution in [3.8, 4) is 0 Å². The number of aliphatic hydroxyl groups is 5. The molecule has 0 bridgehead atoms. The van der Waals surface area contributed by atoms with E-state index in [-0.39, 0.29) is 6.29 Å². The van der Waals surface area contributed by atoms with Crippen LogP contribution < -0.4 is 0 Å². The van der Waals surface area contributed by atoms with Crippen LogP contribution in [0.15, 0.2) is 12.1 Å². The Morgan fingerprint density at radius 3 is 1.87 bits per heavy atom. The van der Waals surface area contributed by atoms with Crippen LogP contribution in [0.4, 0.5) is 0 Å². The number of carbonyl (C=O) groups excluding carboxylic acids is 1. The van der Waals surface area contributed by atoms with Gasteiger partial charge in [0, 0.05) is 0 Å². The van der Waals surface area contributed by atoms with Crippen molar-refractivity contribution in [3.63, 3.8) is 0 Å². The number of carbonyl (C=O) groups is 1. The summed E-state index contributed by atoms with van der Waals surface area (Å²) in [6.45, 7) is 2.37. The molecule has 0 saturated carbocycles. The molecule has 0 aromatic heterocycles. The Labute approximate surface area is 92.0 Å². The summed E-state index contributed by atoms with van der Waals surface area (Å²) in [6.07, 6.45) is -6.84. The van der Waals surface area contributed by atoms with Crippen LogP contribution in [0.1, 0.15) is 0 Å². The summed E-state index contributed by atoms with van der Waals surface area (Å²) in [7, 11) is 0. The summed E-state index contributed by atoms with van der Waals surface area (Å²) in [5.41, 5.74) is 1.22. The number of halogens is 1. The molecule has 5 N–H and O–H groups in total. The van der Waals surface area contributed by atoms with E-state index >= 15 is 0 Å². The van der Waals surface area contributed by atoms with E-state index in [1.807, 2.05) is 0 Å². The summed E-state index contributed by atoms with van der Waals surface area (Å²) in [6, 6.07) is 0. The van der Waals surface area contributed by atoms with Crippen LogP contribution >= 0.6 is 11.6 Å². The van der Waals surface area contributed by atoms with E-state index in [2.05, 4.69) is 6.58 Å². The van der Waals surface area contributed by atoms with Crippen molar-refractivity contribution in [2.45, 2.75) is 24.4 Å². The summed E-state index contributed by atoms with van der Waals surface area (Å²) >= 11 is 4.76. The number of hydrogen-bond acceptors (Lipinski definition) is 6. The fourth-order valence-corrected chi connectivity index (χ4v) is 0.618. The summed E-state index contributed by atoms with van der Waals surface area (Å²) in [5.74, 6) is 0. The smallest absolute Gasteiger partial charge is 0.151 e. The molecule has 0 aliphatic carbocycles. The summed E-state index contributed by atoms with van der Waals surface area (Å²) in [5, 5.41) is 43.5. The van der Waals surface area contributed by atoms with Crippen LogP contribution in [0.5, 0.6) is 0 Å². The average molecular weight is 243 g/mol. The molecule has 4 atom stereocenters. The van der Waals surface area contributed by atoms with Crippen molar-refractivity contribution in [3.05, 3.63) is 12.1 Å². The van der Waals surface area contributed by atoms with E-state index in [0.29, 0.717) is 0 Å². The molecule has 0 aromatic carbocycles. The van der Waals surface area contributed by atoms with Gasteiger partial charge in [0.1, 0.15) is 24.4 Å². The lowest BCUT2D eigenvalue weighted by Gasteiger charge is -2.22. The average Bonchev–Trinajstić information content (AvgIpc) is 2.25. The molecule has 0 aromatic rings. The Bertz CT molecular complexity index is 177. The molecule has 0 spiro atoms. The maximum atomic E-state index is 9.90. The molecular weight excluding hydrogens is 228 g/mol. The second kappa shape index (κ2) is 10.0. The molecule has 6 nitrogen and oxygen atoms in total. The standard InChI is InChI=1S/C6H12O6.C2H3Cl/c7-1-3(9)5(11)6(12)4(10)2-8;1-2-3/h1,3-6,8-12H,2H2;2H,1H2. The van der Waals surface area contributed by atoms with Gasteiger partial charge in [-0.3, -0.25) is 0 Å². The van der Waals surface area contributed by atoms with Crippen molar-refractivity contribution < 1.29 is 30.3 Å². The largest absolute Gasteiger partial charge is 0.394 e. The number of aldehydes is 1. The Balaban J connectivity index is 0. The monoisotopic (exact) mass is 242 g/mol. The Kier molecular flexibility index (Phi) is 11.3. The highest BCUT2D eigenvalue weighted by Gasteiger charge is 2.29. The Morgan fingerprint density at radius 1 is 1.20 bits per heavy atom. The Morgan fingerprint density at radius 2 is 1.60 bits per heavy atom. The number of hydrogen-bond donors (Lipinski definition) is 5. The highest BCUT2D eigenvalue weighted by atomic mass is 35.5. The van der Waals surface area contributed by atoms with Gasteiger partial charge in [0.05, 0.1) is 6.61 Å². The molecule has 0 saturated heterocycles. The minimum absolute atomic E-state index is 0.0258.